The van der Waals surface area contributed by atoms with Crippen LogP contribution in [0.25, 0.3) is 5.69 Å². The number of nitrogens with zero attached hydrogens (tertiary/aromatic N) is 3. The molecule has 3 aromatic rings. The Morgan fingerprint density at radius 1 is 1.10 bits per heavy atom. The number of sulfonamides is 1. The summed E-state index contributed by atoms with van der Waals surface area (Å²) in [5.74, 6) is -1.19. The highest BCUT2D eigenvalue weighted by Crippen LogP contribution is 2.29. The van der Waals surface area contributed by atoms with Gasteiger partial charge in [0.25, 0.3) is 0 Å². The van der Waals surface area contributed by atoms with Gasteiger partial charge >= 0.3 is 5.97 Å². The van der Waals surface area contributed by atoms with E-state index in [2.05, 4.69) is 21.0 Å². The number of hydrogen-bond acceptors (Lipinski definition) is 4. The van der Waals surface area contributed by atoms with Crippen LogP contribution in [-0.2, 0) is 23.0 Å². The van der Waals surface area contributed by atoms with Crippen molar-refractivity contribution in [1.29, 1.82) is 0 Å². The maximum atomic E-state index is 13.0. The molecule has 0 fully saturated rings. The molecule has 2 heterocycles. The van der Waals surface area contributed by atoms with Gasteiger partial charge < -0.3 is 5.11 Å². The van der Waals surface area contributed by atoms with Crippen LogP contribution in [-0.4, -0.2) is 40.1 Å². The Morgan fingerprint density at radius 2 is 1.76 bits per heavy atom. The fourth-order valence-electron chi connectivity index (χ4n) is 3.32. The van der Waals surface area contributed by atoms with Gasteiger partial charge in [-0.15, -0.1) is 0 Å². The lowest BCUT2D eigenvalue weighted by Crippen LogP contribution is -2.36. The molecule has 1 aromatic heterocycles. The monoisotopic (exact) mass is 495 g/mol. The molecule has 1 N–H and O–H groups in total. The third kappa shape index (κ3) is 3.71. The Bertz CT molecular complexity index is 1190. The normalized spacial score (nSPS) is 14.6. The highest BCUT2D eigenvalue weighted by atomic mass is 79.9. The number of carboxylic acids is 1. The van der Waals surface area contributed by atoms with E-state index in [1.54, 1.807) is 4.68 Å². The highest BCUT2D eigenvalue weighted by Gasteiger charge is 2.34. The van der Waals surface area contributed by atoms with E-state index in [0.717, 1.165) is 4.47 Å². The van der Waals surface area contributed by atoms with E-state index in [0.29, 0.717) is 28.4 Å². The van der Waals surface area contributed by atoms with Gasteiger partial charge in [-0.2, -0.15) is 9.40 Å². The molecule has 0 bridgehead atoms. The average Bonchev–Trinajstić information content (AvgIpc) is 3.08. The fourth-order valence-corrected chi connectivity index (χ4v) is 5.12. The summed E-state index contributed by atoms with van der Waals surface area (Å²) in [5.41, 5.74) is 1.68. The van der Waals surface area contributed by atoms with E-state index in [1.165, 1.54) is 28.6 Å². The van der Waals surface area contributed by atoms with Crippen LogP contribution >= 0.6 is 27.5 Å². The summed E-state index contributed by atoms with van der Waals surface area (Å²) in [6.07, 6.45) is 0.346. The minimum absolute atomic E-state index is 0.0571. The molecule has 0 radical (unpaired) electrons. The molecule has 10 heteroatoms. The predicted octanol–water partition coefficient (Wildman–Crippen LogP) is 3.73. The van der Waals surface area contributed by atoms with E-state index in [-0.39, 0.29) is 23.7 Å². The fraction of sp³-hybridized carbons (Fsp3) is 0.158. The maximum absolute atomic E-state index is 13.0. The van der Waals surface area contributed by atoms with Gasteiger partial charge in [0.15, 0.2) is 5.69 Å². The molecule has 0 saturated heterocycles. The summed E-state index contributed by atoms with van der Waals surface area (Å²) >= 11 is 9.23. The molecular weight excluding hydrogens is 482 g/mol. The smallest absolute Gasteiger partial charge is 0.356 e. The Labute approximate surface area is 180 Å². The predicted molar refractivity (Wildman–Crippen MR) is 111 cm³/mol. The SMILES string of the molecule is O=C(O)c1nn(-c2ccc(Br)cc2)c2c1CN(S(=O)(=O)c1ccc(Cl)cc1)CC2. The molecular formula is C19H15BrClN3O4S. The van der Waals surface area contributed by atoms with Gasteiger partial charge in [-0.05, 0) is 48.5 Å². The van der Waals surface area contributed by atoms with Crippen LogP contribution < -0.4 is 0 Å². The third-order valence-corrected chi connectivity index (χ3v) is 7.39. The van der Waals surface area contributed by atoms with Crippen molar-refractivity contribution >= 4 is 43.5 Å². The first-order chi connectivity index (χ1) is 13.8. The zero-order valence-corrected chi connectivity index (χ0v) is 18.1. The van der Waals surface area contributed by atoms with Gasteiger partial charge in [-0.25, -0.2) is 17.9 Å². The molecule has 0 spiro atoms. The van der Waals surface area contributed by atoms with Crippen molar-refractivity contribution in [1.82, 2.24) is 14.1 Å². The first-order valence-electron chi connectivity index (χ1n) is 8.63. The van der Waals surface area contributed by atoms with Crippen molar-refractivity contribution in [2.45, 2.75) is 17.9 Å². The molecule has 150 valence electrons. The van der Waals surface area contributed by atoms with Gasteiger partial charge in [0, 0.05) is 34.6 Å². The number of carbonyl (C=O) groups is 1. The molecule has 2 aromatic carbocycles. The second-order valence-corrected chi connectivity index (χ2v) is 9.80. The van der Waals surface area contributed by atoms with Gasteiger partial charge in [-0.1, -0.05) is 27.5 Å². The average molecular weight is 497 g/mol. The minimum Gasteiger partial charge on any atom is -0.476 e. The first-order valence-corrected chi connectivity index (χ1v) is 11.2. The zero-order chi connectivity index (χ0) is 20.8. The van der Waals surface area contributed by atoms with Crippen molar-refractivity contribution in [2.75, 3.05) is 6.54 Å². The summed E-state index contributed by atoms with van der Waals surface area (Å²) in [4.78, 5) is 11.9. The number of carboxylic acid groups (broad SMARTS) is 1. The van der Waals surface area contributed by atoms with Gasteiger partial charge in [0.05, 0.1) is 16.3 Å². The minimum atomic E-state index is -3.79. The maximum Gasteiger partial charge on any atom is 0.356 e. The first kappa shape index (κ1) is 20.1. The van der Waals surface area contributed by atoms with Crippen LogP contribution in [0.3, 0.4) is 0 Å². The number of halogens is 2. The van der Waals surface area contributed by atoms with E-state index in [9.17, 15) is 18.3 Å². The number of fused-ring (bicyclic) bond motifs is 1. The lowest BCUT2D eigenvalue weighted by Gasteiger charge is -2.27. The van der Waals surface area contributed by atoms with Crippen LogP contribution in [0.5, 0.6) is 0 Å². The van der Waals surface area contributed by atoms with Gasteiger partial charge in [-0.3, -0.25) is 0 Å². The van der Waals surface area contributed by atoms with Crippen LogP contribution in [0.15, 0.2) is 57.9 Å². The van der Waals surface area contributed by atoms with Crippen molar-refractivity contribution in [3.63, 3.8) is 0 Å². The molecule has 0 unspecified atom stereocenters. The number of rotatable bonds is 4. The number of aromatic nitrogens is 2. The molecule has 0 aliphatic carbocycles. The summed E-state index contributed by atoms with van der Waals surface area (Å²) < 4.78 is 29.8. The molecule has 0 saturated carbocycles. The van der Waals surface area contributed by atoms with Gasteiger partial charge in [0.1, 0.15) is 0 Å². The van der Waals surface area contributed by atoms with Crippen molar-refractivity contribution < 1.29 is 18.3 Å². The number of aromatic carboxylic acids is 1. The second kappa shape index (κ2) is 7.56. The molecule has 0 amide bonds. The van der Waals surface area contributed by atoms with E-state index in [4.69, 9.17) is 11.6 Å². The molecule has 4 rings (SSSR count). The van der Waals surface area contributed by atoms with Crippen molar-refractivity contribution in [3.05, 3.63) is 75.0 Å². The summed E-state index contributed by atoms with van der Waals surface area (Å²) in [5, 5.41) is 14.3. The molecule has 29 heavy (non-hydrogen) atoms. The topological polar surface area (TPSA) is 92.5 Å². The molecule has 7 nitrogen and oxygen atoms in total. The van der Waals surface area contributed by atoms with Crippen LogP contribution in [0.4, 0.5) is 0 Å². The number of benzene rings is 2. The largest absolute Gasteiger partial charge is 0.476 e. The Hall–Kier alpha value is -2.20. The lowest BCUT2D eigenvalue weighted by atomic mass is 10.1. The molecule has 1 aliphatic heterocycles. The zero-order valence-electron chi connectivity index (χ0n) is 14.9. The molecule has 1 aliphatic rings. The Balaban J connectivity index is 1.75. The van der Waals surface area contributed by atoms with Crippen molar-refractivity contribution in [3.8, 4) is 5.69 Å². The second-order valence-electron chi connectivity index (χ2n) is 6.51. The van der Waals surface area contributed by atoms with Crippen LogP contribution in [0.2, 0.25) is 5.02 Å². The Morgan fingerprint density at radius 3 is 2.38 bits per heavy atom. The van der Waals surface area contributed by atoms with Crippen LogP contribution in [0, 0.1) is 0 Å². The standard InChI is InChI=1S/C19H15BrClN3O4S/c20-12-1-5-14(6-2-12)24-17-9-10-23(11-16(17)18(22-24)19(25)26)29(27,28)15-7-3-13(21)4-8-15/h1-8H,9-11H2,(H,25,26). The van der Waals surface area contributed by atoms with E-state index < -0.39 is 16.0 Å². The number of hydrogen-bond donors (Lipinski definition) is 1. The van der Waals surface area contributed by atoms with E-state index in [1.807, 2.05) is 24.3 Å². The van der Waals surface area contributed by atoms with Gasteiger partial charge in [0.2, 0.25) is 10.0 Å². The lowest BCUT2D eigenvalue weighted by molar-refractivity contribution is 0.0688. The summed E-state index contributed by atoms with van der Waals surface area (Å²) in [6.45, 7) is 0.164. The van der Waals surface area contributed by atoms with Crippen LogP contribution in [0.1, 0.15) is 21.7 Å². The van der Waals surface area contributed by atoms with Crippen molar-refractivity contribution in [2.24, 2.45) is 0 Å². The molecule has 0 atom stereocenters. The third-order valence-electron chi connectivity index (χ3n) is 4.75. The Kier molecular flexibility index (Phi) is 5.24. The summed E-state index contributed by atoms with van der Waals surface area (Å²) in [7, 11) is -3.79. The summed E-state index contributed by atoms with van der Waals surface area (Å²) in [6, 6.07) is 13.2. The quantitative estimate of drug-likeness (QED) is 0.594. The highest BCUT2D eigenvalue weighted by molar-refractivity contribution is 9.10. The van der Waals surface area contributed by atoms with E-state index >= 15 is 0 Å².